The predicted molar refractivity (Wildman–Crippen MR) is 98.0 cm³/mol. The molecule has 0 saturated carbocycles. The molecule has 6 nitrogen and oxygen atoms in total. The van der Waals surface area contributed by atoms with Gasteiger partial charge in [-0.1, -0.05) is 30.3 Å². The quantitative estimate of drug-likeness (QED) is 0.830. The predicted octanol–water partition coefficient (Wildman–Crippen LogP) is 2.74. The molecule has 2 aromatic rings. The number of carbonyl (C=O) groups is 1. The maximum absolute atomic E-state index is 12.4. The second-order valence-electron chi connectivity index (χ2n) is 6.03. The van der Waals surface area contributed by atoms with Crippen LogP contribution in [0.4, 0.5) is 9.93 Å². The Balaban J connectivity index is 1.52. The highest BCUT2D eigenvalue weighted by Gasteiger charge is 2.24. The number of ether oxygens (including phenoxy) is 1. The van der Waals surface area contributed by atoms with Crippen molar-refractivity contribution >= 4 is 22.5 Å². The molecule has 0 unspecified atom stereocenters. The van der Waals surface area contributed by atoms with Crippen LogP contribution in [-0.4, -0.2) is 53.4 Å². The van der Waals surface area contributed by atoms with Crippen molar-refractivity contribution in [2.75, 3.05) is 31.6 Å². The Morgan fingerprint density at radius 3 is 3.04 bits per heavy atom. The summed E-state index contributed by atoms with van der Waals surface area (Å²) < 4.78 is 5.55. The van der Waals surface area contributed by atoms with Crippen molar-refractivity contribution in [2.45, 2.75) is 25.4 Å². The maximum Gasteiger partial charge on any atom is 0.323 e. The van der Waals surface area contributed by atoms with Crippen LogP contribution in [0.25, 0.3) is 0 Å². The van der Waals surface area contributed by atoms with Gasteiger partial charge in [0, 0.05) is 30.6 Å². The highest BCUT2D eigenvalue weighted by molar-refractivity contribution is 7.15. The molecule has 1 atom stereocenters. The first-order valence-electron chi connectivity index (χ1n) is 8.51. The molecule has 1 aromatic heterocycles. The van der Waals surface area contributed by atoms with E-state index in [4.69, 9.17) is 9.84 Å². The topological polar surface area (TPSA) is 74.7 Å². The molecular formula is C18H23N3O3S. The summed E-state index contributed by atoms with van der Waals surface area (Å²) in [6.45, 7) is 1.59. The number of hydrogen-bond donors (Lipinski definition) is 2. The van der Waals surface area contributed by atoms with E-state index in [0.29, 0.717) is 24.8 Å². The van der Waals surface area contributed by atoms with Crippen LogP contribution in [0.2, 0.25) is 0 Å². The van der Waals surface area contributed by atoms with Gasteiger partial charge in [0.1, 0.15) is 0 Å². The molecule has 25 heavy (non-hydrogen) atoms. The minimum atomic E-state index is -0.141. The van der Waals surface area contributed by atoms with Gasteiger partial charge >= 0.3 is 6.03 Å². The Morgan fingerprint density at radius 1 is 1.40 bits per heavy atom. The minimum absolute atomic E-state index is 0.00316. The molecule has 2 heterocycles. The number of aliphatic hydroxyl groups is 1. The Hall–Kier alpha value is -1.96. The molecule has 2 N–H and O–H groups in total. The summed E-state index contributed by atoms with van der Waals surface area (Å²) in [4.78, 5) is 19.6. The summed E-state index contributed by atoms with van der Waals surface area (Å²) in [5, 5.41) is 12.4. The van der Waals surface area contributed by atoms with Crippen molar-refractivity contribution in [2.24, 2.45) is 0 Å². The second kappa shape index (κ2) is 8.94. The van der Waals surface area contributed by atoms with E-state index in [-0.39, 0.29) is 18.7 Å². The number of thiazole rings is 1. The summed E-state index contributed by atoms with van der Waals surface area (Å²) >= 11 is 1.50. The normalized spacial score (nSPS) is 17.5. The second-order valence-corrected chi connectivity index (χ2v) is 7.14. The number of urea groups is 1. The van der Waals surface area contributed by atoms with Gasteiger partial charge < -0.3 is 14.7 Å². The number of likely N-dealkylation sites (tertiary alicyclic amines) is 1. The van der Waals surface area contributed by atoms with Crippen molar-refractivity contribution in [3.8, 4) is 0 Å². The van der Waals surface area contributed by atoms with E-state index >= 15 is 0 Å². The summed E-state index contributed by atoms with van der Waals surface area (Å²) in [7, 11) is 0. The number of hydrogen-bond acceptors (Lipinski definition) is 5. The molecule has 7 heteroatoms. The maximum atomic E-state index is 12.4. The average molecular weight is 361 g/mol. The lowest BCUT2D eigenvalue weighted by Gasteiger charge is -2.32. The van der Waals surface area contributed by atoms with E-state index < -0.39 is 0 Å². The zero-order valence-electron chi connectivity index (χ0n) is 14.1. The molecule has 1 aromatic carbocycles. The van der Waals surface area contributed by atoms with Crippen LogP contribution in [-0.2, 0) is 11.2 Å². The summed E-state index contributed by atoms with van der Waals surface area (Å²) in [6.07, 6.45) is 4.45. The van der Waals surface area contributed by atoms with Crippen molar-refractivity contribution in [1.29, 1.82) is 0 Å². The lowest BCUT2D eigenvalue weighted by Crippen LogP contribution is -2.45. The lowest BCUT2D eigenvalue weighted by atomic mass is 10.1. The van der Waals surface area contributed by atoms with Gasteiger partial charge in [0.05, 0.1) is 19.3 Å². The van der Waals surface area contributed by atoms with Gasteiger partial charge in [-0.3, -0.25) is 5.32 Å². The molecule has 2 amide bonds. The lowest BCUT2D eigenvalue weighted by molar-refractivity contribution is -0.00462. The minimum Gasteiger partial charge on any atom is -0.394 e. The summed E-state index contributed by atoms with van der Waals surface area (Å²) in [6, 6.07) is 10.1. The van der Waals surface area contributed by atoms with Gasteiger partial charge in [0.15, 0.2) is 5.13 Å². The Morgan fingerprint density at radius 2 is 2.24 bits per heavy atom. The van der Waals surface area contributed by atoms with Gasteiger partial charge in [0.2, 0.25) is 0 Å². The van der Waals surface area contributed by atoms with Crippen LogP contribution in [0.15, 0.2) is 36.5 Å². The van der Waals surface area contributed by atoms with Crippen LogP contribution in [0.5, 0.6) is 0 Å². The number of aromatic nitrogens is 1. The van der Waals surface area contributed by atoms with Gasteiger partial charge in [-0.2, -0.15) is 0 Å². The first-order valence-corrected chi connectivity index (χ1v) is 9.33. The van der Waals surface area contributed by atoms with E-state index in [1.807, 2.05) is 24.4 Å². The highest BCUT2D eigenvalue weighted by atomic mass is 32.1. The summed E-state index contributed by atoms with van der Waals surface area (Å²) in [5.74, 6) is 0. The van der Waals surface area contributed by atoms with Gasteiger partial charge in [-0.25, -0.2) is 9.78 Å². The van der Waals surface area contributed by atoms with E-state index in [1.165, 1.54) is 16.9 Å². The SMILES string of the molecule is O=C(Nc1ncc(Cc2ccccc2)s1)N1CCC[C@H](OCCO)C1. The molecule has 0 bridgehead atoms. The first-order chi connectivity index (χ1) is 12.2. The molecule has 0 aliphatic carbocycles. The number of rotatable bonds is 6. The fourth-order valence-corrected chi connectivity index (χ4v) is 3.73. The molecule has 0 spiro atoms. The number of carbonyl (C=O) groups excluding carboxylic acids is 1. The monoisotopic (exact) mass is 361 g/mol. The number of piperidine rings is 1. The molecule has 1 saturated heterocycles. The Labute approximate surface area is 151 Å². The van der Waals surface area contributed by atoms with Crippen molar-refractivity contribution < 1.29 is 14.6 Å². The van der Waals surface area contributed by atoms with Crippen LogP contribution in [0.1, 0.15) is 23.3 Å². The Kier molecular flexibility index (Phi) is 6.38. The van der Waals surface area contributed by atoms with Crippen LogP contribution < -0.4 is 5.32 Å². The molecule has 3 rings (SSSR count). The zero-order valence-corrected chi connectivity index (χ0v) is 14.9. The third kappa shape index (κ3) is 5.26. The first kappa shape index (κ1) is 17.8. The number of benzene rings is 1. The number of nitrogens with zero attached hydrogens (tertiary/aromatic N) is 2. The van der Waals surface area contributed by atoms with Crippen molar-refractivity contribution in [3.63, 3.8) is 0 Å². The molecule has 1 aliphatic heterocycles. The highest BCUT2D eigenvalue weighted by Crippen LogP contribution is 2.22. The van der Waals surface area contributed by atoms with Crippen molar-refractivity contribution in [3.05, 3.63) is 47.0 Å². The van der Waals surface area contributed by atoms with Gasteiger partial charge in [-0.15, -0.1) is 11.3 Å². The van der Waals surface area contributed by atoms with Gasteiger partial charge in [-0.05, 0) is 18.4 Å². The standard InChI is InChI=1S/C18H23N3O3S/c22-9-10-24-15-7-4-8-21(13-15)18(23)20-17-19-12-16(25-17)11-14-5-2-1-3-6-14/h1-3,5-6,12,15,22H,4,7-11,13H2,(H,19,20,23)/t15-/m0/s1. The van der Waals surface area contributed by atoms with E-state index in [2.05, 4.69) is 22.4 Å². The van der Waals surface area contributed by atoms with E-state index in [9.17, 15) is 4.79 Å². The molecule has 0 radical (unpaired) electrons. The molecule has 134 valence electrons. The average Bonchev–Trinajstić information content (AvgIpc) is 3.08. The molecule has 1 fully saturated rings. The smallest absolute Gasteiger partial charge is 0.323 e. The zero-order chi connectivity index (χ0) is 17.5. The fraction of sp³-hybridized carbons (Fsp3) is 0.444. The van der Waals surface area contributed by atoms with Crippen LogP contribution in [0, 0.1) is 0 Å². The van der Waals surface area contributed by atoms with Crippen molar-refractivity contribution in [1.82, 2.24) is 9.88 Å². The number of amides is 2. The largest absolute Gasteiger partial charge is 0.394 e. The third-order valence-electron chi connectivity index (χ3n) is 4.10. The number of aliphatic hydroxyl groups excluding tert-OH is 1. The molecular weight excluding hydrogens is 338 g/mol. The van der Waals surface area contributed by atoms with Crippen LogP contribution in [0.3, 0.4) is 0 Å². The van der Waals surface area contributed by atoms with Gasteiger partial charge in [0.25, 0.3) is 0 Å². The number of anilines is 1. The Bertz CT molecular complexity index is 677. The molecule has 1 aliphatic rings. The van der Waals surface area contributed by atoms with Crippen LogP contribution >= 0.6 is 11.3 Å². The van der Waals surface area contributed by atoms with E-state index in [0.717, 1.165) is 24.1 Å². The van der Waals surface area contributed by atoms with E-state index in [1.54, 1.807) is 4.90 Å². The third-order valence-corrected chi connectivity index (χ3v) is 5.01. The fourth-order valence-electron chi connectivity index (χ4n) is 2.89. The summed E-state index contributed by atoms with van der Waals surface area (Å²) in [5.41, 5.74) is 1.23. The number of nitrogens with one attached hydrogen (secondary N) is 1.